The number of nitrogens with zero attached hydrogens (tertiary/aromatic N) is 9. The molecule has 0 aliphatic carbocycles. The highest BCUT2D eigenvalue weighted by atomic mass is 16.6. The van der Waals surface area contributed by atoms with Crippen molar-refractivity contribution in [2.75, 3.05) is 60.1 Å². The monoisotopic (exact) mass is 591 g/mol. The van der Waals surface area contributed by atoms with Crippen LogP contribution in [-0.2, 0) is 9.53 Å². The van der Waals surface area contributed by atoms with Gasteiger partial charge >= 0.3 is 6.09 Å². The third kappa shape index (κ3) is 6.89. The molecular formula is C29H41N11O3. The molecule has 1 aromatic carbocycles. The Bertz CT molecular complexity index is 1430. The van der Waals surface area contributed by atoms with Crippen molar-refractivity contribution in [1.82, 2.24) is 34.5 Å². The second-order valence-electron chi connectivity index (χ2n) is 12.1. The van der Waals surface area contributed by atoms with Crippen molar-refractivity contribution in [3.8, 4) is 5.82 Å². The SMILES string of the molecule is CC(=O)N1[C@H](C)CN(c2cc(-n3nc(Nc4ccc(N5CCN(C(=O)OC(C)(C)C)CC5)cc4)nc3N)ncn2)C[C@@H]1C. The zero-order chi connectivity index (χ0) is 30.9. The summed E-state index contributed by atoms with van der Waals surface area (Å²) in [4.78, 5) is 45.7. The van der Waals surface area contributed by atoms with Crippen molar-refractivity contribution in [3.63, 3.8) is 0 Å². The number of anilines is 5. The second kappa shape index (κ2) is 11.9. The number of carbonyl (C=O) groups excluding carboxylic acids is 2. The van der Waals surface area contributed by atoms with Crippen LogP contribution in [0.25, 0.3) is 5.82 Å². The number of rotatable bonds is 5. The predicted octanol–water partition coefficient (Wildman–Crippen LogP) is 2.89. The molecule has 2 saturated heterocycles. The van der Waals surface area contributed by atoms with Crippen LogP contribution in [0.15, 0.2) is 36.7 Å². The third-order valence-electron chi connectivity index (χ3n) is 7.51. The predicted molar refractivity (Wildman–Crippen MR) is 165 cm³/mol. The van der Waals surface area contributed by atoms with Crippen LogP contribution in [0.3, 0.4) is 0 Å². The Kier molecular flexibility index (Phi) is 8.29. The van der Waals surface area contributed by atoms with Crippen LogP contribution in [0.2, 0.25) is 0 Å². The van der Waals surface area contributed by atoms with Crippen LogP contribution in [0.5, 0.6) is 0 Å². The number of ether oxygens (including phenoxy) is 1. The molecule has 2 atom stereocenters. The molecule has 2 aromatic heterocycles. The van der Waals surface area contributed by atoms with Crippen molar-refractivity contribution in [2.24, 2.45) is 0 Å². The lowest BCUT2D eigenvalue weighted by Gasteiger charge is -2.44. The van der Waals surface area contributed by atoms with E-state index in [4.69, 9.17) is 10.5 Å². The summed E-state index contributed by atoms with van der Waals surface area (Å²) in [6.45, 7) is 15.3. The van der Waals surface area contributed by atoms with E-state index in [1.54, 1.807) is 11.8 Å². The Labute approximate surface area is 251 Å². The van der Waals surface area contributed by atoms with Gasteiger partial charge in [0.1, 0.15) is 17.7 Å². The number of nitrogen functional groups attached to an aromatic ring is 1. The first kappa shape index (κ1) is 29.9. The van der Waals surface area contributed by atoms with Crippen LogP contribution in [0.4, 0.5) is 33.9 Å². The minimum atomic E-state index is -0.504. The van der Waals surface area contributed by atoms with Crippen molar-refractivity contribution in [3.05, 3.63) is 36.7 Å². The molecule has 3 N–H and O–H groups in total. The maximum Gasteiger partial charge on any atom is 0.410 e. The van der Waals surface area contributed by atoms with E-state index in [9.17, 15) is 9.59 Å². The van der Waals surface area contributed by atoms with E-state index in [1.165, 1.54) is 11.0 Å². The van der Waals surface area contributed by atoms with Gasteiger partial charge in [-0.1, -0.05) is 0 Å². The summed E-state index contributed by atoms with van der Waals surface area (Å²) in [6.07, 6.45) is 1.21. The maximum absolute atomic E-state index is 12.4. The number of hydrogen-bond acceptors (Lipinski definition) is 11. The molecule has 14 nitrogen and oxygen atoms in total. The molecule has 5 rings (SSSR count). The van der Waals surface area contributed by atoms with Gasteiger partial charge in [-0.15, -0.1) is 5.10 Å². The van der Waals surface area contributed by atoms with Crippen LogP contribution in [0.1, 0.15) is 41.5 Å². The van der Waals surface area contributed by atoms with Gasteiger partial charge in [-0.3, -0.25) is 4.79 Å². The van der Waals surface area contributed by atoms with Crippen molar-refractivity contribution in [2.45, 2.75) is 59.2 Å². The topological polar surface area (TPSA) is 151 Å². The minimum absolute atomic E-state index is 0.0557. The molecule has 2 aliphatic rings. The Balaban J connectivity index is 1.21. The Hall–Kier alpha value is -4.62. The Morgan fingerprint density at radius 2 is 1.58 bits per heavy atom. The summed E-state index contributed by atoms with van der Waals surface area (Å²) in [5.74, 6) is 1.84. The molecule has 0 bridgehead atoms. The number of carbonyl (C=O) groups is 2. The average molecular weight is 592 g/mol. The molecule has 0 spiro atoms. The fourth-order valence-corrected chi connectivity index (χ4v) is 5.66. The second-order valence-corrected chi connectivity index (χ2v) is 12.1. The van der Waals surface area contributed by atoms with Crippen LogP contribution in [0, 0.1) is 0 Å². The number of nitrogens with one attached hydrogen (secondary N) is 1. The molecule has 43 heavy (non-hydrogen) atoms. The van der Waals surface area contributed by atoms with Gasteiger partial charge < -0.3 is 35.4 Å². The van der Waals surface area contributed by atoms with Crippen LogP contribution < -0.4 is 20.9 Å². The number of nitrogens with two attached hydrogens (primary N) is 1. The Morgan fingerprint density at radius 1 is 0.953 bits per heavy atom. The molecule has 230 valence electrons. The lowest BCUT2D eigenvalue weighted by atomic mass is 10.1. The van der Waals surface area contributed by atoms with Gasteiger partial charge in [-0.05, 0) is 58.9 Å². The minimum Gasteiger partial charge on any atom is -0.444 e. The quantitative estimate of drug-likeness (QED) is 0.451. The number of hydrogen-bond donors (Lipinski definition) is 2. The van der Waals surface area contributed by atoms with E-state index < -0.39 is 5.60 Å². The fraction of sp³-hybridized carbons (Fsp3) is 0.517. The van der Waals surface area contributed by atoms with Crippen molar-refractivity contribution >= 4 is 41.1 Å². The van der Waals surface area contributed by atoms with E-state index in [2.05, 4.69) is 35.2 Å². The Morgan fingerprint density at radius 3 is 2.19 bits per heavy atom. The largest absolute Gasteiger partial charge is 0.444 e. The summed E-state index contributed by atoms with van der Waals surface area (Å²) in [6, 6.07) is 9.90. The zero-order valence-corrected chi connectivity index (χ0v) is 25.7. The molecule has 2 fully saturated rings. The third-order valence-corrected chi connectivity index (χ3v) is 7.51. The lowest BCUT2D eigenvalue weighted by Crippen LogP contribution is -2.58. The number of aromatic nitrogens is 5. The van der Waals surface area contributed by atoms with E-state index >= 15 is 0 Å². The van der Waals surface area contributed by atoms with Crippen molar-refractivity contribution in [1.29, 1.82) is 0 Å². The summed E-state index contributed by atoms with van der Waals surface area (Å²) in [7, 11) is 0. The number of piperazine rings is 2. The van der Waals surface area contributed by atoms with Crippen LogP contribution in [-0.4, -0.2) is 103 Å². The zero-order valence-electron chi connectivity index (χ0n) is 25.7. The highest BCUT2D eigenvalue weighted by Gasteiger charge is 2.32. The maximum atomic E-state index is 12.4. The molecular weight excluding hydrogens is 550 g/mol. The van der Waals surface area contributed by atoms with Gasteiger partial charge in [0.25, 0.3) is 0 Å². The summed E-state index contributed by atoms with van der Waals surface area (Å²) in [5, 5.41) is 7.75. The first-order valence-electron chi connectivity index (χ1n) is 14.6. The highest BCUT2D eigenvalue weighted by molar-refractivity contribution is 5.74. The van der Waals surface area contributed by atoms with E-state index in [-0.39, 0.29) is 30.0 Å². The van der Waals surface area contributed by atoms with E-state index in [1.807, 2.05) is 69.9 Å². The first-order valence-corrected chi connectivity index (χ1v) is 14.6. The molecule has 2 aliphatic heterocycles. The summed E-state index contributed by atoms with van der Waals surface area (Å²) < 4.78 is 6.97. The van der Waals surface area contributed by atoms with Gasteiger partial charge in [-0.25, -0.2) is 14.8 Å². The normalized spacial score (nSPS) is 19.4. The van der Waals surface area contributed by atoms with E-state index in [0.29, 0.717) is 37.9 Å². The van der Waals surface area contributed by atoms with E-state index in [0.717, 1.165) is 30.3 Å². The molecule has 3 aromatic rings. The summed E-state index contributed by atoms with van der Waals surface area (Å²) in [5.41, 5.74) is 7.59. The number of amides is 2. The highest BCUT2D eigenvalue weighted by Crippen LogP contribution is 2.25. The molecule has 14 heteroatoms. The molecule has 4 heterocycles. The van der Waals surface area contributed by atoms with Crippen molar-refractivity contribution < 1.29 is 14.3 Å². The molecule has 0 saturated carbocycles. The van der Waals surface area contributed by atoms with Crippen LogP contribution >= 0.6 is 0 Å². The molecule has 0 radical (unpaired) electrons. The number of benzene rings is 1. The fourth-order valence-electron chi connectivity index (χ4n) is 5.66. The average Bonchev–Trinajstić information content (AvgIpc) is 3.31. The smallest absolute Gasteiger partial charge is 0.410 e. The standard InChI is InChI=1S/C29H41N11O3/c1-19-16-38(17-20(2)39(19)21(3)41)24-15-25(32-18-31-24)40-26(30)34-27(35-40)33-22-7-9-23(10-8-22)36-11-13-37(14-12-36)28(42)43-29(4,5)6/h7-10,15,18-20H,11-14,16-17H2,1-6H3,(H3,30,33,34,35)/t19-,20+. The van der Waals surface area contributed by atoms with Gasteiger partial charge in [0, 0.05) is 75.7 Å². The van der Waals surface area contributed by atoms with Gasteiger partial charge in [0.15, 0.2) is 5.82 Å². The van der Waals surface area contributed by atoms with Gasteiger partial charge in [0.05, 0.1) is 0 Å². The van der Waals surface area contributed by atoms with Gasteiger partial charge in [-0.2, -0.15) is 9.67 Å². The lowest BCUT2D eigenvalue weighted by molar-refractivity contribution is -0.133. The molecule has 2 amide bonds. The molecule has 0 unspecified atom stereocenters. The first-order chi connectivity index (χ1) is 20.4. The summed E-state index contributed by atoms with van der Waals surface area (Å²) >= 11 is 0. The van der Waals surface area contributed by atoms with Gasteiger partial charge in [0.2, 0.25) is 17.8 Å².